The molecule has 2 unspecified atom stereocenters. The number of carbonyl (C=O) groups excluding carboxylic acids is 1. The van der Waals surface area contributed by atoms with E-state index in [0.717, 1.165) is 38.0 Å². The van der Waals surface area contributed by atoms with Crippen LogP contribution in [0.5, 0.6) is 0 Å². The van der Waals surface area contributed by atoms with Gasteiger partial charge in [0, 0.05) is 30.1 Å². The fraction of sp³-hybridized carbons (Fsp3) is 0.409. The number of hydrogen-bond donors (Lipinski definition) is 1. The molecule has 5 rings (SSSR count). The summed E-state index contributed by atoms with van der Waals surface area (Å²) in [7, 11) is 2.03. The van der Waals surface area contributed by atoms with Gasteiger partial charge < -0.3 is 10.2 Å². The highest BCUT2D eigenvalue weighted by Crippen LogP contribution is 2.48. The Labute approximate surface area is 189 Å². The van der Waals surface area contributed by atoms with Crippen LogP contribution in [-0.4, -0.2) is 66.5 Å². The lowest BCUT2D eigenvalue weighted by molar-refractivity contribution is -0.124. The largest absolute Gasteiger partial charge is 0.312 e. The van der Waals surface area contributed by atoms with Crippen LogP contribution in [0.3, 0.4) is 0 Å². The number of aliphatic imine (C=N–C) groups is 2. The number of fused-ring (bicyclic) bond motifs is 2. The van der Waals surface area contributed by atoms with E-state index in [4.69, 9.17) is 16.6 Å². The van der Waals surface area contributed by atoms with Gasteiger partial charge in [-0.3, -0.25) is 9.69 Å². The number of nitrogens with one attached hydrogen (secondary N) is 1. The van der Waals surface area contributed by atoms with Crippen LogP contribution in [0.15, 0.2) is 50.3 Å². The van der Waals surface area contributed by atoms with E-state index in [1.165, 1.54) is 22.6 Å². The normalized spacial score (nSPS) is 27.4. The lowest BCUT2D eigenvalue weighted by Gasteiger charge is -2.35. The van der Waals surface area contributed by atoms with Crippen molar-refractivity contribution in [2.75, 3.05) is 33.2 Å². The van der Waals surface area contributed by atoms with Gasteiger partial charge in [-0.15, -0.1) is 11.8 Å². The van der Waals surface area contributed by atoms with Crippen molar-refractivity contribution in [2.45, 2.75) is 18.2 Å². The summed E-state index contributed by atoms with van der Waals surface area (Å²) >= 11 is 7.67. The molecule has 31 heavy (non-hydrogen) atoms. The maximum Gasteiger partial charge on any atom is 0.256 e. The molecule has 1 amide bonds. The maximum atomic E-state index is 13.6. The minimum Gasteiger partial charge on any atom is -0.312 e. The lowest BCUT2D eigenvalue weighted by atomic mass is 9.91. The fourth-order valence-corrected chi connectivity index (χ4v) is 6.16. The van der Waals surface area contributed by atoms with E-state index in [0.29, 0.717) is 18.1 Å². The zero-order valence-electron chi connectivity index (χ0n) is 17.1. The van der Waals surface area contributed by atoms with E-state index < -0.39 is 5.82 Å². The molecule has 1 aromatic carbocycles. The number of benzene rings is 1. The molecule has 0 saturated heterocycles. The SMILES string of the molecule is CN1CCC=C(C(=O)N2C=NC(=Nc3ccc(F)c(Cl)c3)C3C4=C(CNCC4)SC32)C1. The van der Waals surface area contributed by atoms with Crippen LogP contribution in [0.4, 0.5) is 10.1 Å². The van der Waals surface area contributed by atoms with Gasteiger partial charge >= 0.3 is 0 Å². The van der Waals surface area contributed by atoms with E-state index in [1.54, 1.807) is 29.1 Å². The number of amides is 1. The molecule has 0 spiro atoms. The van der Waals surface area contributed by atoms with Gasteiger partial charge in [-0.1, -0.05) is 17.7 Å². The van der Waals surface area contributed by atoms with Crippen molar-refractivity contribution < 1.29 is 9.18 Å². The lowest BCUT2D eigenvalue weighted by Crippen LogP contribution is -2.48. The first-order valence-electron chi connectivity index (χ1n) is 10.4. The summed E-state index contributed by atoms with van der Waals surface area (Å²) in [5.41, 5.74) is 2.67. The van der Waals surface area contributed by atoms with Crippen molar-refractivity contribution in [1.29, 1.82) is 0 Å². The summed E-state index contributed by atoms with van der Waals surface area (Å²) in [6, 6.07) is 4.42. The van der Waals surface area contributed by atoms with Crippen molar-refractivity contribution >= 4 is 47.1 Å². The van der Waals surface area contributed by atoms with E-state index in [9.17, 15) is 9.18 Å². The first-order chi connectivity index (χ1) is 15.0. The van der Waals surface area contributed by atoms with Crippen LogP contribution in [0.25, 0.3) is 0 Å². The second kappa shape index (κ2) is 8.50. The Balaban J connectivity index is 1.51. The molecule has 4 aliphatic heterocycles. The Morgan fingerprint density at radius 1 is 1.42 bits per heavy atom. The zero-order chi connectivity index (χ0) is 21.5. The number of thioether (sulfide) groups is 1. The topological polar surface area (TPSA) is 60.3 Å². The van der Waals surface area contributed by atoms with Crippen molar-refractivity contribution in [1.82, 2.24) is 15.1 Å². The molecule has 0 saturated carbocycles. The highest BCUT2D eigenvalue weighted by molar-refractivity contribution is 8.04. The molecule has 0 aromatic heterocycles. The third-order valence-electron chi connectivity index (χ3n) is 6.00. The Kier molecular flexibility index (Phi) is 5.73. The zero-order valence-corrected chi connectivity index (χ0v) is 18.7. The van der Waals surface area contributed by atoms with Gasteiger partial charge in [0.1, 0.15) is 23.4 Å². The quantitative estimate of drug-likeness (QED) is 0.734. The van der Waals surface area contributed by atoms with Gasteiger partial charge in [-0.05, 0) is 50.2 Å². The second-order valence-electron chi connectivity index (χ2n) is 8.14. The minimum atomic E-state index is -0.474. The van der Waals surface area contributed by atoms with Crippen molar-refractivity contribution in [2.24, 2.45) is 15.9 Å². The molecule has 0 bridgehead atoms. The highest BCUT2D eigenvalue weighted by Gasteiger charge is 2.46. The van der Waals surface area contributed by atoms with Crippen LogP contribution >= 0.6 is 23.4 Å². The maximum absolute atomic E-state index is 13.6. The van der Waals surface area contributed by atoms with Crippen molar-refractivity contribution in [3.63, 3.8) is 0 Å². The first kappa shape index (κ1) is 20.9. The molecule has 2 atom stereocenters. The molecule has 4 aliphatic rings. The third kappa shape index (κ3) is 3.98. The number of nitrogens with zero attached hydrogens (tertiary/aromatic N) is 4. The predicted molar refractivity (Wildman–Crippen MR) is 123 cm³/mol. The first-order valence-corrected chi connectivity index (χ1v) is 11.6. The molecule has 6 nitrogen and oxygen atoms in total. The van der Waals surface area contributed by atoms with E-state index in [-0.39, 0.29) is 22.2 Å². The molecular formula is C22H23ClFN5OS. The summed E-state index contributed by atoms with van der Waals surface area (Å²) in [5.74, 6) is 0.0973. The van der Waals surface area contributed by atoms with Crippen molar-refractivity contribution in [3.05, 3.63) is 51.2 Å². The Morgan fingerprint density at radius 2 is 2.29 bits per heavy atom. The van der Waals surface area contributed by atoms with Gasteiger partial charge in [0.2, 0.25) is 0 Å². The van der Waals surface area contributed by atoms with Crippen LogP contribution in [0, 0.1) is 11.7 Å². The van der Waals surface area contributed by atoms with E-state index in [1.807, 2.05) is 13.1 Å². The van der Waals surface area contributed by atoms with Gasteiger partial charge in [-0.2, -0.15) is 0 Å². The fourth-order valence-electron chi connectivity index (χ4n) is 4.45. The van der Waals surface area contributed by atoms with Crippen molar-refractivity contribution in [3.8, 4) is 0 Å². The van der Waals surface area contributed by atoms with Crippen LogP contribution in [-0.2, 0) is 4.79 Å². The van der Waals surface area contributed by atoms with Gasteiger partial charge in [0.25, 0.3) is 5.91 Å². The van der Waals surface area contributed by atoms with Crippen LogP contribution in [0.1, 0.15) is 12.8 Å². The monoisotopic (exact) mass is 459 g/mol. The average molecular weight is 460 g/mol. The standard InChI is InChI=1S/C22H23ClFN5OS/c1-28-8-2-3-13(11-28)21(30)29-12-26-20(27-14-4-5-17(24)16(23)9-14)19-15-6-7-25-10-18(15)31-22(19)29/h3-5,9,12,19,22,25H,2,6-8,10-11H2,1H3. The summed E-state index contributed by atoms with van der Waals surface area (Å²) < 4.78 is 13.6. The van der Waals surface area contributed by atoms with Gasteiger partial charge in [0.05, 0.1) is 16.6 Å². The highest BCUT2D eigenvalue weighted by atomic mass is 35.5. The van der Waals surface area contributed by atoms with E-state index in [2.05, 4.69) is 15.2 Å². The van der Waals surface area contributed by atoms with E-state index >= 15 is 0 Å². The Morgan fingerprint density at radius 3 is 3.10 bits per heavy atom. The molecule has 4 heterocycles. The summed E-state index contributed by atoms with van der Waals surface area (Å²) in [5, 5.41) is 3.34. The number of carbonyl (C=O) groups is 1. The predicted octanol–water partition coefficient (Wildman–Crippen LogP) is 3.58. The molecule has 1 N–H and O–H groups in total. The molecule has 0 radical (unpaired) electrons. The number of rotatable bonds is 2. The molecule has 0 aliphatic carbocycles. The van der Waals surface area contributed by atoms with Gasteiger partial charge in [-0.25, -0.2) is 14.4 Å². The van der Waals surface area contributed by atoms with Crippen LogP contribution in [0.2, 0.25) is 5.02 Å². The smallest absolute Gasteiger partial charge is 0.256 e. The number of likely N-dealkylation sites (N-methyl/N-ethyl adjacent to an activating group) is 1. The molecule has 0 fully saturated rings. The summed E-state index contributed by atoms with van der Waals surface area (Å²) in [6.45, 7) is 3.31. The molecule has 9 heteroatoms. The van der Waals surface area contributed by atoms with Gasteiger partial charge in [0.15, 0.2) is 0 Å². The summed E-state index contributed by atoms with van der Waals surface area (Å²) in [6.07, 6.45) is 5.43. The summed E-state index contributed by atoms with van der Waals surface area (Å²) in [4.78, 5) is 27.9. The third-order valence-corrected chi connectivity index (χ3v) is 7.72. The minimum absolute atomic E-state index is 0.00878. The molecular weight excluding hydrogens is 437 g/mol. The molecule has 1 aromatic rings. The number of hydrogen-bond acceptors (Lipinski definition) is 5. The Bertz CT molecular complexity index is 1050. The Hall–Kier alpha value is -2.00. The second-order valence-corrected chi connectivity index (χ2v) is 9.76. The van der Waals surface area contributed by atoms with Crippen LogP contribution < -0.4 is 5.32 Å². The average Bonchev–Trinajstić information content (AvgIpc) is 3.16. The number of amidine groups is 1. The number of halogens is 2. The molecule has 162 valence electrons.